The van der Waals surface area contributed by atoms with Crippen LogP contribution in [0.2, 0.25) is 0 Å². The standard InChI is InChI=1S/C16H20N2/c1-3-14-11-6-10(2)9-16(14,18)15-5-4-13(17)8-12(15)7-11/h3-6,8,11H,7,9,17-18H2,1-2H3/t11-,16+/m0/s1. The van der Waals surface area contributed by atoms with Crippen LogP contribution in [-0.2, 0) is 12.0 Å². The number of anilines is 1. The quantitative estimate of drug-likeness (QED) is 0.541. The summed E-state index contributed by atoms with van der Waals surface area (Å²) < 4.78 is 0. The predicted molar refractivity (Wildman–Crippen MR) is 76.0 cm³/mol. The fraction of sp³-hybridized carbons (Fsp3) is 0.375. The Morgan fingerprint density at radius 2 is 2.17 bits per heavy atom. The van der Waals surface area contributed by atoms with Crippen LogP contribution in [0.15, 0.2) is 41.5 Å². The molecule has 2 heteroatoms. The highest BCUT2D eigenvalue weighted by atomic mass is 14.8. The normalized spacial score (nSPS) is 32.1. The number of hydrogen-bond acceptors (Lipinski definition) is 2. The molecule has 2 aliphatic rings. The molecule has 3 rings (SSSR count). The van der Waals surface area contributed by atoms with Gasteiger partial charge in [-0.15, -0.1) is 0 Å². The van der Waals surface area contributed by atoms with Crippen molar-refractivity contribution in [3.63, 3.8) is 0 Å². The third-order valence-electron chi connectivity index (χ3n) is 4.32. The Balaban J connectivity index is 2.25. The van der Waals surface area contributed by atoms with Gasteiger partial charge in [-0.05, 0) is 55.5 Å². The zero-order valence-electron chi connectivity index (χ0n) is 11.0. The first-order valence-electron chi connectivity index (χ1n) is 6.56. The zero-order chi connectivity index (χ0) is 12.9. The summed E-state index contributed by atoms with van der Waals surface area (Å²) in [5.41, 5.74) is 18.5. The number of nitrogen functional groups attached to an aromatic ring is 1. The molecule has 2 nitrogen and oxygen atoms in total. The molecule has 0 spiro atoms. The van der Waals surface area contributed by atoms with E-state index in [1.807, 2.05) is 6.07 Å². The van der Waals surface area contributed by atoms with Crippen molar-refractivity contribution in [2.24, 2.45) is 11.7 Å². The van der Waals surface area contributed by atoms with Crippen LogP contribution in [-0.4, -0.2) is 0 Å². The second-order valence-corrected chi connectivity index (χ2v) is 5.63. The third kappa shape index (κ3) is 1.45. The number of hydrogen-bond donors (Lipinski definition) is 2. The maximum Gasteiger partial charge on any atom is 0.0671 e. The fourth-order valence-electron chi connectivity index (χ4n) is 3.71. The van der Waals surface area contributed by atoms with E-state index < -0.39 is 0 Å². The van der Waals surface area contributed by atoms with E-state index in [1.54, 1.807) is 0 Å². The van der Waals surface area contributed by atoms with Crippen LogP contribution >= 0.6 is 0 Å². The van der Waals surface area contributed by atoms with Crippen LogP contribution in [0.3, 0.4) is 0 Å². The van der Waals surface area contributed by atoms with Gasteiger partial charge in [0.05, 0.1) is 5.54 Å². The molecular formula is C16H20N2. The molecule has 0 radical (unpaired) electrons. The molecule has 0 amide bonds. The molecular weight excluding hydrogens is 220 g/mol. The van der Waals surface area contributed by atoms with Gasteiger partial charge in [-0.3, -0.25) is 0 Å². The van der Waals surface area contributed by atoms with E-state index in [-0.39, 0.29) is 5.54 Å². The Kier molecular flexibility index (Phi) is 2.39. The van der Waals surface area contributed by atoms with Crippen molar-refractivity contribution in [3.8, 4) is 0 Å². The van der Waals surface area contributed by atoms with Gasteiger partial charge in [0.15, 0.2) is 0 Å². The number of benzene rings is 1. The molecule has 94 valence electrons. The maximum absolute atomic E-state index is 6.76. The minimum Gasteiger partial charge on any atom is -0.399 e. The SMILES string of the molecule is CC=C1[C@H]2C=C(C)C[C@]1(N)c1ccc(N)cc1C2. The lowest BCUT2D eigenvalue weighted by Crippen LogP contribution is -2.47. The zero-order valence-corrected chi connectivity index (χ0v) is 11.0. The maximum atomic E-state index is 6.76. The van der Waals surface area contributed by atoms with Crippen molar-refractivity contribution in [1.82, 2.24) is 0 Å². The molecule has 1 aromatic rings. The van der Waals surface area contributed by atoms with Gasteiger partial charge in [0.25, 0.3) is 0 Å². The molecule has 0 aromatic heterocycles. The predicted octanol–water partition coefficient (Wildman–Crippen LogP) is 2.89. The van der Waals surface area contributed by atoms with E-state index in [0.29, 0.717) is 5.92 Å². The molecule has 0 fully saturated rings. The molecule has 0 saturated heterocycles. The van der Waals surface area contributed by atoms with Crippen molar-refractivity contribution >= 4 is 5.69 Å². The fourth-order valence-corrected chi connectivity index (χ4v) is 3.71. The van der Waals surface area contributed by atoms with E-state index in [4.69, 9.17) is 11.5 Å². The molecule has 0 unspecified atom stereocenters. The van der Waals surface area contributed by atoms with Gasteiger partial charge < -0.3 is 11.5 Å². The highest BCUT2D eigenvalue weighted by Crippen LogP contribution is 2.48. The number of rotatable bonds is 0. The topological polar surface area (TPSA) is 52.0 Å². The number of allylic oxidation sites excluding steroid dienone is 2. The van der Waals surface area contributed by atoms with E-state index in [1.165, 1.54) is 22.3 Å². The van der Waals surface area contributed by atoms with Crippen LogP contribution in [0.1, 0.15) is 31.4 Å². The van der Waals surface area contributed by atoms with Crippen molar-refractivity contribution < 1.29 is 0 Å². The summed E-state index contributed by atoms with van der Waals surface area (Å²) >= 11 is 0. The van der Waals surface area contributed by atoms with Gasteiger partial charge in [-0.2, -0.15) is 0 Å². The van der Waals surface area contributed by atoms with Crippen molar-refractivity contribution in [1.29, 1.82) is 0 Å². The summed E-state index contributed by atoms with van der Waals surface area (Å²) in [6, 6.07) is 6.17. The van der Waals surface area contributed by atoms with Gasteiger partial charge in [0.2, 0.25) is 0 Å². The first-order chi connectivity index (χ1) is 8.54. The Morgan fingerprint density at radius 1 is 1.39 bits per heavy atom. The van der Waals surface area contributed by atoms with Gasteiger partial charge in [0, 0.05) is 11.6 Å². The molecule has 4 N–H and O–H groups in total. The number of nitrogens with two attached hydrogens (primary N) is 2. The summed E-state index contributed by atoms with van der Waals surface area (Å²) in [7, 11) is 0. The highest BCUT2D eigenvalue weighted by Gasteiger charge is 2.43. The summed E-state index contributed by atoms with van der Waals surface area (Å²) in [5, 5.41) is 0. The Morgan fingerprint density at radius 3 is 2.89 bits per heavy atom. The average molecular weight is 240 g/mol. The van der Waals surface area contributed by atoms with Gasteiger partial charge in [0.1, 0.15) is 0 Å². The lowest BCUT2D eigenvalue weighted by atomic mass is 9.62. The second kappa shape index (κ2) is 3.72. The smallest absolute Gasteiger partial charge is 0.0671 e. The number of fused-ring (bicyclic) bond motifs is 4. The van der Waals surface area contributed by atoms with Gasteiger partial charge >= 0.3 is 0 Å². The molecule has 18 heavy (non-hydrogen) atoms. The molecule has 1 aromatic carbocycles. The van der Waals surface area contributed by atoms with Crippen LogP contribution in [0.4, 0.5) is 5.69 Å². The van der Waals surface area contributed by atoms with Crippen molar-refractivity contribution in [2.45, 2.75) is 32.2 Å². The molecule has 0 aliphatic heterocycles. The third-order valence-corrected chi connectivity index (χ3v) is 4.32. The summed E-state index contributed by atoms with van der Waals surface area (Å²) in [6.07, 6.45) is 6.51. The van der Waals surface area contributed by atoms with Crippen LogP contribution < -0.4 is 11.5 Å². The summed E-state index contributed by atoms with van der Waals surface area (Å²) in [6.45, 7) is 4.28. The van der Waals surface area contributed by atoms with Crippen LogP contribution in [0, 0.1) is 5.92 Å². The Labute approximate surface area is 108 Å². The summed E-state index contributed by atoms with van der Waals surface area (Å²) in [4.78, 5) is 0. The Hall–Kier alpha value is -1.54. The van der Waals surface area contributed by atoms with Crippen molar-refractivity contribution in [3.05, 3.63) is 52.6 Å². The Bertz CT molecular complexity index is 568. The van der Waals surface area contributed by atoms with E-state index in [9.17, 15) is 0 Å². The van der Waals surface area contributed by atoms with Gasteiger partial charge in [-0.1, -0.05) is 23.8 Å². The van der Waals surface area contributed by atoms with Crippen LogP contribution in [0.25, 0.3) is 0 Å². The lowest BCUT2D eigenvalue weighted by Gasteiger charge is -2.45. The largest absolute Gasteiger partial charge is 0.399 e. The van der Waals surface area contributed by atoms with Crippen molar-refractivity contribution in [2.75, 3.05) is 5.73 Å². The van der Waals surface area contributed by atoms with E-state index in [2.05, 4.69) is 38.1 Å². The minimum atomic E-state index is -0.320. The highest BCUT2D eigenvalue weighted by molar-refractivity contribution is 5.55. The molecule has 2 bridgehead atoms. The monoisotopic (exact) mass is 240 g/mol. The lowest BCUT2D eigenvalue weighted by molar-refractivity contribution is 0.415. The minimum absolute atomic E-state index is 0.320. The molecule has 0 saturated carbocycles. The van der Waals surface area contributed by atoms with E-state index in [0.717, 1.165) is 18.5 Å². The molecule has 2 atom stereocenters. The van der Waals surface area contributed by atoms with E-state index >= 15 is 0 Å². The second-order valence-electron chi connectivity index (χ2n) is 5.63. The molecule has 0 heterocycles. The van der Waals surface area contributed by atoms with Crippen LogP contribution in [0.5, 0.6) is 0 Å². The van der Waals surface area contributed by atoms with Gasteiger partial charge in [-0.25, -0.2) is 0 Å². The summed E-state index contributed by atoms with van der Waals surface area (Å²) in [5.74, 6) is 0.447. The average Bonchev–Trinajstić information content (AvgIpc) is 2.26. The molecule has 2 aliphatic carbocycles. The first kappa shape index (κ1) is 11.5. The first-order valence-corrected chi connectivity index (χ1v) is 6.56.